The lowest BCUT2D eigenvalue weighted by Crippen LogP contribution is -2.29. The van der Waals surface area contributed by atoms with Crippen LogP contribution in [0.1, 0.15) is 36.2 Å². The number of Topliss-reactive ketones (excluding diaryl/α,β-unsaturated/α-hetero) is 1. The van der Waals surface area contributed by atoms with Gasteiger partial charge in [0.1, 0.15) is 34.6 Å². The molecular formula is C27H20ClN3O3. The van der Waals surface area contributed by atoms with Gasteiger partial charge in [0.15, 0.2) is 5.60 Å². The number of aromatic nitrogens is 2. The third-order valence-corrected chi connectivity index (χ3v) is 6.09. The number of hydrogen-bond donors (Lipinski definition) is 0. The minimum atomic E-state index is -0.979. The Balaban J connectivity index is 1.41. The number of fused-ring (bicyclic) bond motifs is 1. The first-order chi connectivity index (χ1) is 16.4. The summed E-state index contributed by atoms with van der Waals surface area (Å²) in [5.41, 5.74) is 2.94. The maximum atomic E-state index is 13.2. The smallest absolute Gasteiger partial charge is 0.210 e. The second kappa shape index (κ2) is 8.36. The molecule has 1 aliphatic rings. The molecule has 0 spiro atoms. The molecule has 0 radical (unpaired) electrons. The molecule has 3 heterocycles. The first-order valence-corrected chi connectivity index (χ1v) is 11.1. The molecule has 0 fully saturated rings. The van der Waals surface area contributed by atoms with E-state index in [9.17, 15) is 4.79 Å². The lowest BCUT2D eigenvalue weighted by atomic mass is 9.92. The van der Waals surface area contributed by atoms with Crippen LogP contribution in [-0.2, 0) is 16.1 Å². The number of pyridine rings is 1. The molecule has 0 saturated heterocycles. The fourth-order valence-electron chi connectivity index (χ4n) is 3.89. The van der Waals surface area contributed by atoms with Gasteiger partial charge in [-0.15, -0.1) is 0 Å². The van der Waals surface area contributed by atoms with Gasteiger partial charge in [-0.2, -0.15) is 5.26 Å². The largest absolute Gasteiger partial charge is 0.487 e. The van der Waals surface area contributed by atoms with Crippen molar-refractivity contribution in [3.63, 3.8) is 0 Å². The second-order valence-corrected chi connectivity index (χ2v) is 8.78. The van der Waals surface area contributed by atoms with Crippen LogP contribution in [0.3, 0.4) is 0 Å². The second-order valence-electron chi connectivity index (χ2n) is 8.43. The van der Waals surface area contributed by atoms with Crippen molar-refractivity contribution in [1.29, 1.82) is 5.26 Å². The van der Waals surface area contributed by atoms with E-state index in [-0.39, 0.29) is 12.4 Å². The molecular weight excluding hydrogens is 450 g/mol. The molecule has 4 aromatic rings. The number of ether oxygens (including phenoxy) is 2. The Hall–Kier alpha value is -4.08. The highest BCUT2D eigenvalue weighted by atomic mass is 35.5. The summed E-state index contributed by atoms with van der Waals surface area (Å²) in [4.78, 5) is 17.7. The summed E-state index contributed by atoms with van der Waals surface area (Å²) in [7, 11) is 0. The van der Waals surface area contributed by atoms with Crippen LogP contribution in [0.2, 0.25) is 5.15 Å². The van der Waals surface area contributed by atoms with Gasteiger partial charge in [0.05, 0.1) is 17.2 Å². The summed E-state index contributed by atoms with van der Waals surface area (Å²) < 4.78 is 13.8. The highest BCUT2D eigenvalue weighted by Gasteiger charge is 2.42. The van der Waals surface area contributed by atoms with E-state index in [4.69, 9.17) is 26.3 Å². The lowest BCUT2D eigenvalue weighted by Gasteiger charge is -2.17. The summed E-state index contributed by atoms with van der Waals surface area (Å²) >= 11 is 6.42. The fourth-order valence-corrected chi connectivity index (χ4v) is 4.13. The molecule has 0 amide bonds. The summed E-state index contributed by atoms with van der Waals surface area (Å²) in [6.07, 6.45) is 1.85. The molecule has 168 valence electrons. The van der Waals surface area contributed by atoms with Crippen molar-refractivity contribution in [3.8, 4) is 11.8 Å². The minimum absolute atomic E-state index is 0.1000. The van der Waals surface area contributed by atoms with Crippen LogP contribution < -0.4 is 4.74 Å². The number of carbonyl (C=O) groups is 1. The van der Waals surface area contributed by atoms with E-state index < -0.39 is 5.60 Å². The van der Waals surface area contributed by atoms with Crippen molar-refractivity contribution in [3.05, 3.63) is 100 Å². The molecule has 0 unspecified atom stereocenters. The van der Waals surface area contributed by atoms with Crippen LogP contribution >= 0.6 is 11.6 Å². The highest BCUT2D eigenvalue weighted by Crippen LogP contribution is 2.41. The van der Waals surface area contributed by atoms with E-state index in [1.165, 1.54) is 0 Å². The van der Waals surface area contributed by atoms with Crippen LogP contribution in [0.15, 0.2) is 72.9 Å². The van der Waals surface area contributed by atoms with Crippen molar-refractivity contribution in [2.45, 2.75) is 26.1 Å². The lowest BCUT2D eigenvalue weighted by molar-refractivity contribution is -0.125. The van der Waals surface area contributed by atoms with E-state index in [1.807, 2.05) is 36.5 Å². The number of imidazole rings is 1. The Labute approximate surface area is 201 Å². The predicted octanol–water partition coefficient (Wildman–Crippen LogP) is 5.68. The quantitative estimate of drug-likeness (QED) is 0.375. The Kier molecular flexibility index (Phi) is 5.35. The van der Waals surface area contributed by atoms with E-state index in [2.05, 4.69) is 11.1 Å². The zero-order chi connectivity index (χ0) is 23.9. The van der Waals surface area contributed by atoms with Crippen molar-refractivity contribution in [2.24, 2.45) is 0 Å². The predicted molar refractivity (Wildman–Crippen MR) is 129 cm³/mol. The summed E-state index contributed by atoms with van der Waals surface area (Å²) in [6.45, 7) is 3.72. The first kappa shape index (κ1) is 21.7. The van der Waals surface area contributed by atoms with Gasteiger partial charge in [0, 0.05) is 11.8 Å². The van der Waals surface area contributed by atoms with Crippen LogP contribution in [0, 0.1) is 11.3 Å². The van der Waals surface area contributed by atoms with Gasteiger partial charge in [-0.05, 0) is 67.9 Å². The monoisotopic (exact) mass is 469 g/mol. The number of hydrogen-bond acceptors (Lipinski definition) is 5. The van der Waals surface area contributed by atoms with Crippen molar-refractivity contribution < 1.29 is 14.3 Å². The van der Waals surface area contributed by atoms with Gasteiger partial charge < -0.3 is 9.47 Å². The maximum Gasteiger partial charge on any atom is 0.210 e. The normalized spacial score (nSPS) is 14.8. The molecule has 0 bridgehead atoms. The van der Waals surface area contributed by atoms with E-state index in [1.54, 1.807) is 54.6 Å². The number of nitriles is 1. The number of benzene rings is 2. The molecule has 0 aliphatic carbocycles. The Morgan fingerprint density at radius 1 is 1.06 bits per heavy atom. The number of ketones is 1. The molecule has 2 aromatic carbocycles. The molecule has 6 nitrogen and oxygen atoms in total. The maximum absolute atomic E-state index is 13.2. The average Bonchev–Trinajstić information content (AvgIpc) is 3.30. The van der Waals surface area contributed by atoms with Crippen molar-refractivity contribution >= 4 is 34.4 Å². The Morgan fingerprint density at radius 2 is 1.76 bits per heavy atom. The van der Waals surface area contributed by atoms with Crippen LogP contribution in [0.4, 0.5) is 0 Å². The number of carbonyl (C=O) groups excluding carboxylic acids is 1. The molecule has 7 heteroatoms. The summed E-state index contributed by atoms with van der Waals surface area (Å²) in [5.74, 6) is 1.03. The molecule has 0 N–H and O–H groups in total. The van der Waals surface area contributed by atoms with Gasteiger partial charge >= 0.3 is 0 Å². The van der Waals surface area contributed by atoms with Crippen LogP contribution in [0.5, 0.6) is 5.75 Å². The molecule has 0 atom stereocenters. The first-order valence-electron chi connectivity index (χ1n) is 10.7. The van der Waals surface area contributed by atoms with Gasteiger partial charge in [-0.3, -0.25) is 9.20 Å². The summed E-state index contributed by atoms with van der Waals surface area (Å²) in [6, 6.07) is 22.1. The number of rotatable bonds is 5. The topological polar surface area (TPSA) is 76.6 Å². The van der Waals surface area contributed by atoms with E-state index in [0.29, 0.717) is 33.5 Å². The van der Waals surface area contributed by atoms with E-state index in [0.717, 1.165) is 16.8 Å². The summed E-state index contributed by atoms with van der Waals surface area (Å²) in [5, 5.41) is 9.59. The number of nitrogens with zero attached hydrogens (tertiary/aromatic N) is 3. The van der Waals surface area contributed by atoms with E-state index >= 15 is 0 Å². The highest BCUT2D eigenvalue weighted by molar-refractivity contribution is 6.32. The average molecular weight is 470 g/mol. The fraction of sp³-hybridized carbons (Fsp3) is 0.148. The van der Waals surface area contributed by atoms with Crippen LogP contribution in [0.25, 0.3) is 17.0 Å². The van der Waals surface area contributed by atoms with Crippen molar-refractivity contribution in [1.82, 2.24) is 9.38 Å². The Bertz CT molecular complexity index is 1480. The zero-order valence-electron chi connectivity index (χ0n) is 18.6. The van der Waals surface area contributed by atoms with Gasteiger partial charge in [0.25, 0.3) is 0 Å². The van der Waals surface area contributed by atoms with Gasteiger partial charge in [-0.25, -0.2) is 4.98 Å². The molecule has 5 rings (SSSR count). The number of halogens is 1. The van der Waals surface area contributed by atoms with Gasteiger partial charge in [-0.1, -0.05) is 29.8 Å². The molecule has 0 saturated carbocycles. The molecule has 2 aromatic heterocycles. The molecule has 1 aliphatic heterocycles. The SMILES string of the molecule is CC1(C)OC(c2ccc(C#N)cc2)=C(c2ccc(OCc3nc4ccccn4c3Cl)cc2)C1=O. The van der Waals surface area contributed by atoms with Crippen molar-refractivity contribution in [2.75, 3.05) is 0 Å². The minimum Gasteiger partial charge on any atom is -0.487 e. The van der Waals surface area contributed by atoms with Crippen LogP contribution in [-0.4, -0.2) is 20.8 Å². The third-order valence-electron chi connectivity index (χ3n) is 5.69. The molecule has 34 heavy (non-hydrogen) atoms. The van der Waals surface area contributed by atoms with Gasteiger partial charge in [0.2, 0.25) is 5.78 Å². The standard InChI is InChI=1S/C27H20ClN3O3/c1-27(2)25(32)23(24(34-27)19-8-6-17(15-29)7-9-19)18-10-12-20(13-11-18)33-16-21-26(28)31-14-4-3-5-22(31)30-21/h3-14H,16H2,1-2H3. The zero-order valence-corrected chi connectivity index (χ0v) is 19.3. The Morgan fingerprint density at radius 3 is 2.44 bits per heavy atom. The third kappa shape index (κ3) is 3.81.